The molecular formula is C17H27NO4. The van der Waals surface area contributed by atoms with Gasteiger partial charge in [-0.25, -0.2) is 5.48 Å². The molecule has 0 bridgehead atoms. The summed E-state index contributed by atoms with van der Waals surface area (Å²) in [4.78, 5) is 25.7. The SMILES string of the molecule is CC(C)C(C)ONC=O.CC(C)CC(=O)Oc1ccccc1. The molecule has 22 heavy (non-hydrogen) atoms. The lowest BCUT2D eigenvalue weighted by Crippen LogP contribution is -2.24. The predicted molar refractivity (Wildman–Crippen MR) is 86.1 cm³/mol. The number of para-hydroxylation sites is 1. The third-order valence-electron chi connectivity index (χ3n) is 2.79. The fourth-order valence-corrected chi connectivity index (χ4v) is 1.27. The Labute approximate surface area is 133 Å². The number of hydrogen-bond donors (Lipinski definition) is 1. The van der Waals surface area contributed by atoms with Crippen LogP contribution in [-0.4, -0.2) is 18.5 Å². The molecule has 5 heteroatoms. The van der Waals surface area contributed by atoms with Crippen LogP contribution in [-0.2, 0) is 14.4 Å². The largest absolute Gasteiger partial charge is 0.427 e. The van der Waals surface area contributed by atoms with Crippen LogP contribution in [0.25, 0.3) is 0 Å². The van der Waals surface area contributed by atoms with Crippen LogP contribution < -0.4 is 10.2 Å². The summed E-state index contributed by atoms with van der Waals surface area (Å²) in [7, 11) is 0. The highest BCUT2D eigenvalue weighted by molar-refractivity contribution is 5.72. The normalized spacial score (nSPS) is 11.4. The summed E-state index contributed by atoms with van der Waals surface area (Å²) in [5.74, 6) is 1.23. The molecule has 0 saturated carbocycles. The van der Waals surface area contributed by atoms with Crippen LogP contribution in [0.4, 0.5) is 0 Å². The molecule has 0 aromatic heterocycles. The van der Waals surface area contributed by atoms with E-state index in [0.717, 1.165) is 0 Å². The van der Waals surface area contributed by atoms with Gasteiger partial charge in [0, 0.05) is 6.42 Å². The highest BCUT2D eigenvalue weighted by Gasteiger charge is 2.06. The third-order valence-corrected chi connectivity index (χ3v) is 2.79. The second-order valence-corrected chi connectivity index (χ2v) is 5.69. The molecule has 1 aromatic rings. The Morgan fingerprint density at radius 1 is 1.14 bits per heavy atom. The molecule has 1 N–H and O–H groups in total. The Morgan fingerprint density at radius 3 is 2.18 bits per heavy atom. The number of nitrogens with one attached hydrogen (secondary N) is 1. The molecule has 1 unspecified atom stereocenters. The molecule has 0 radical (unpaired) electrons. The van der Waals surface area contributed by atoms with Crippen LogP contribution in [0.15, 0.2) is 30.3 Å². The van der Waals surface area contributed by atoms with E-state index >= 15 is 0 Å². The molecule has 1 amide bonds. The van der Waals surface area contributed by atoms with Gasteiger partial charge in [-0.2, -0.15) is 0 Å². The fourth-order valence-electron chi connectivity index (χ4n) is 1.27. The van der Waals surface area contributed by atoms with Crippen molar-refractivity contribution in [3.8, 4) is 5.75 Å². The van der Waals surface area contributed by atoms with Crippen molar-refractivity contribution < 1.29 is 19.2 Å². The number of carbonyl (C=O) groups excluding carboxylic acids is 2. The first-order valence-corrected chi connectivity index (χ1v) is 7.47. The first-order valence-electron chi connectivity index (χ1n) is 7.47. The molecule has 0 spiro atoms. The van der Waals surface area contributed by atoms with Gasteiger partial charge in [-0.15, -0.1) is 0 Å². The lowest BCUT2D eigenvalue weighted by Gasteiger charge is -2.13. The van der Waals surface area contributed by atoms with Gasteiger partial charge in [-0.05, 0) is 30.9 Å². The molecular weight excluding hydrogens is 282 g/mol. The molecule has 0 saturated heterocycles. The minimum absolute atomic E-state index is 0.0789. The molecule has 1 rings (SSSR count). The van der Waals surface area contributed by atoms with Crippen molar-refractivity contribution in [2.75, 3.05) is 0 Å². The maximum Gasteiger partial charge on any atom is 0.311 e. The highest BCUT2D eigenvalue weighted by atomic mass is 16.7. The standard InChI is InChI=1S/C11H14O2.C6H13NO2/c1-9(2)8-11(12)13-10-6-4-3-5-7-10;1-5(2)6(3)9-7-4-8/h3-7,9H,8H2,1-2H3;4-6H,1-3H3,(H,7,8). The second kappa shape index (κ2) is 11.7. The highest BCUT2D eigenvalue weighted by Crippen LogP contribution is 2.10. The van der Waals surface area contributed by atoms with E-state index in [1.54, 1.807) is 12.1 Å². The van der Waals surface area contributed by atoms with Crippen LogP contribution in [0.5, 0.6) is 5.75 Å². The van der Waals surface area contributed by atoms with Crippen molar-refractivity contribution in [3.63, 3.8) is 0 Å². The lowest BCUT2D eigenvalue weighted by atomic mass is 10.1. The van der Waals surface area contributed by atoms with Crippen molar-refractivity contribution in [3.05, 3.63) is 30.3 Å². The van der Waals surface area contributed by atoms with E-state index in [9.17, 15) is 9.59 Å². The van der Waals surface area contributed by atoms with Gasteiger partial charge in [0.05, 0.1) is 6.10 Å². The van der Waals surface area contributed by atoms with E-state index in [1.807, 2.05) is 52.8 Å². The smallest absolute Gasteiger partial charge is 0.311 e. The number of esters is 1. The van der Waals surface area contributed by atoms with Crippen LogP contribution in [0.1, 0.15) is 41.0 Å². The van der Waals surface area contributed by atoms with Crippen LogP contribution in [0.2, 0.25) is 0 Å². The van der Waals surface area contributed by atoms with Crippen LogP contribution >= 0.6 is 0 Å². The first kappa shape index (κ1) is 20.1. The number of amides is 1. The molecule has 124 valence electrons. The molecule has 5 nitrogen and oxygen atoms in total. The number of hydroxylamine groups is 1. The van der Waals surface area contributed by atoms with Crippen LogP contribution in [0, 0.1) is 11.8 Å². The topological polar surface area (TPSA) is 64.6 Å². The number of rotatable bonds is 7. The van der Waals surface area contributed by atoms with Gasteiger partial charge in [0.1, 0.15) is 5.75 Å². The summed E-state index contributed by atoms with van der Waals surface area (Å²) < 4.78 is 5.09. The van der Waals surface area contributed by atoms with E-state index in [2.05, 4.69) is 5.48 Å². The van der Waals surface area contributed by atoms with Gasteiger partial charge < -0.3 is 4.74 Å². The number of benzene rings is 1. The lowest BCUT2D eigenvalue weighted by molar-refractivity contribution is -0.135. The minimum atomic E-state index is -0.166. The summed E-state index contributed by atoms with van der Waals surface area (Å²) in [5, 5.41) is 0. The zero-order valence-electron chi connectivity index (χ0n) is 14.0. The zero-order chi connectivity index (χ0) is 17.0. The molecule has 1 aromatic carbocycles. The van der Waals surface area contributed by atoms with Gasteiger partial charge >= 0.3 is 5.97 Å². The van der Waals surface area contributed by atoms with Crippen molar-refractivity contribution in [1.29, 1.82) is 0 Å². The maximum absolute atomic E-state index is 11.2. The van der Waals surface area contributed by atoms with E-state index in [1.165, 1.54) is 0 Å². The molecule has 0 aliphatic rings. The molecule has 1 atom stereocenters. The van der Waals surface area contributed by atoms with Crippen molar-refractivity contribution in [2.24, 2.45) is 11.8 Å². The van der Waals surface area contributed by atoms with Gasteiger partial charge in [0.15, 0.2) is 0 Å². The van der Waals surface area contributed by atoms with Gasteiger partial charge in [-0.3, -0.25) is 14.4 Å². The van der Waals surface area contributed by atoms with Crippen molar-refractivity contribution in [1.82, 2.24) is 5.48 Å². The summed E-state index contributed by atoms with van der Waals surface area (Å²) in [6.07, 6.45) is 1.07. The van der Waals surface area contributed by atoms with Crippen molar-refractivity contribution in [2.45, 2.75) is 47.1 Å². The predicted octanol–water partition coefficient (Wildman–Crippen LogP) is 3.35. The maximum atomic E-state index is 11.2. The average Bonchev–Trinajstić information content (AvgIpc) is 2.45. The monoisotopic (exact) mass is 309 g/mol. The van der Waals surface area contributed by atoms with Crippen molar-refractivity contribution >= 4 is 12.4 Å². The number of carbonyl (C=O) groups is 2. The number of hydrogen-bond acceptors (Lipinski definition) is 4. The summed E-state index contributed by atoms with van der Waals surface area (Å²) in [6, 6.07) is 9.13. The molecule has 0 aliphatic heterocycles. The molecule has 0 heterocycles. The summed E-state index contributed by atoms with van der Waals surface area (Å²) in [5.41, 5.74) is 2.15. The van der Waals surface area contributed by atoms with Gasteiger partial charge in [-0.1, -0.05) is 45.9 Å². The van der Waals surface area contributed by atoms with E-state index < -0.39 is 0 Å². The van der Waals surface area contributed by atoms with Gasteiger partial charge in [0.25, 0.3) is 0 Å². The first-order chi connectivity index (χ1) is 10.4. The quantitative estimate of drug-likeness (QED) is 0.363. The van der Waals surface area contributed by atoms with Gasteiger partial charge in [0.2, 0.25) is 6.41 Å². The summed E-state index contributed by atoms with van der Waals surface area (Å²) in [6.45, 7) is 9.94. The minimum Gasteiger partial charge on any atom is -0.427 e. The van der Waals surface area contributed by atoms with E-state index in [-0.39, 0.29) is 12.1 Å². The van der Waals surface area contributed by atoms with E-state index in [0.29, 0.717) is 30.4 Å². The van der Waals surface area contributed by atoms with Crippen LogP contribution in [0.3, 0.4) is 0 Å². The Bertz CT molecular complexity index is 418. The molecule has 0 aliphatic carbocycles. The Morgan fingerprint density at radius 2 is 1.73 bits per heavy atom. The second-order valence-electron chi connectivity index (χ2n) is 5.69. The Kier molecular flexibility index (Phi) is 10.7. The Hall–Kier alpha value is -1.88. The van der Waals surface area contributed by atoms with E-state index in [4.69, 9.17) is 9.57 Å². The zero-order valence-corrected chi connectivity index (χ0v) is 14.0. The Balaban J connectivity index is 0.000000433. The molecule has 0 fully saturated rings. The third kappa shape index (κ3) is 10.9. The average molecular weight is 309 g/mol. The summed E-state index contributed by atoms with van der Waals surface area (Å²) >= 11 is 0. The number of ether oxygens (including phenoxy) is 1. The fraction of sp³-hybridized carbons (Fsp3) is 0.529.